The second-order valence-corrected chi connectivity index (χ2v) is 8.16. The number of hydrogen-bond acceptors (Lipinski definition) is 5. The Morgan fingerprint density at radius 3 is 2.30 bits per heavy atom. The minimum absolute atomic E-state index is 0.0161. The Bertz CT molecular complexity index is 1170. The van der Waals surface area contributed by atoms with Gasteiger partial charge in [0.1, 0.15) is 18.2 Å². The molecule has 170 valence electrons. The molecule has 6 heteroatoms. The summed E-state index contributed by atoms with van der Waals surface area (Å²) < 4.78 is 11.8. The summed E-state index contributed by atoms with van der Waals surface area (Å²) in [5.41, 5.74) is 3.62. The number of rotatable bonds is 7. The molecule has 33 heavy (non-hydrogen) atoms. The van der Waals surface area contributed by atoms with Crippen LogP contribution in [-0.2, 0) is 16.2 Å². The molecule has 2 aromatic carbocycles. The Morgan fingerprint density at radius 2 is 1.70 bits per heavy atom. The molecule has 0 saturated carbocycles. The van der Waals surface area contributed by atoms with Crippen molar-refractivity contribution in [2.45, 2.75) is 47.3 Å². The minimum Gasteiger partial charge on any atom is -0.490 e. The van der Waals surface area contributed by atoms with Crippen LogP contribution in [0.1, 0.15) is 44.4 Å². The molecule has 0 aliphatic carbocycles. The molecule has 6 nitrogen and oxygen atoms in total. The molecule has 0 aromatic heterocycles. The van der Waals surface area contributed by atoms with Crippen LogP contribution in [0.3, 0.4) is 0 Å². The van der Waals surface area contributed by atoms with Gasteiger partial charge in [0.2, 0.25) is 0 Å². The molecule has 3 rings (SSSR count). The highest BCUT2D eigenvalue weighted by atomic mass is 16.5. The number of aryl methyl sites for hydroxylation is 1. The van der Waals surface area contributed by atoms with Crippen LogP contribution in [0.5, 0.6) is 11.5 Å². The maximum absolute atomic E-state index is 13.1. The summed E-state index contributed by atoms with van der Waals surface area (Å²) in [6.45, 7) is 9.89. The van der Waals surface area contributed by atoms with Gasteiger partial charge >= 0.3 is 0 Å². The van der Waals surface area contributed by atoms with E-state index in [2.05, 4.69) is 0 Å². The normalized spacial score (nSPS) is 15.3. The first-order chi connectivity index (χ1) is 15.8. The van der Waals surface area contributed by atoms with Crippen LogP contribution in [-0.4, -0.2) is 29.4 Å². The second-order valence-electron chi connectivity index (χ2n) is 8.16. The molecule has 0 spiro atoms. The van der Waals surface area contributed by atoms with Gasteiger partial charge in [-0.25, -0.2) is 0 Å². The van der Waals surface area contributed by atoms with E-state index in [1.54, 1.807) is 39.0 Å². The lowest BCUT2D eigenvalue weighted by Gasteiger charge is -2.30. The molecule has 1 aliphatic rings. The van der Waals surface area contributed by atoms with Crippen LogP contribution in [0.15, 0.2) is 59.2 Å². The molecule has 2 aromatic rings. The number of nitrogens with zero attached hydrogens (tertiary/aromatic N) is 2. The van der Waals surface area contributed by atoms with Crippen LogP contribution >= 0.6 is 0 Å². The first-order valence-corrected chi connectivity index (χ1v) is 10.9. The van der Waals surface area contributed by atoms with E-state index in [0.29, 0.717) is 41.4 Å². The molecule has 0 N–H and O–H groups in total. The predicted molar refractivity (Wildman–Crippen MR) is 126 cm³/mol. The fourth-order valence-corrected chi connectivity index (χ4v) is 3.58. The van der Waals surface area contributed by atoms with E-state index in [9.17, 15) is 14.9 Å². The molecule has 0 fully saturated rings. The highest BCUT2D eigenvalue weighted by Crippen LogP contribution is 2.33. The van der Waals surface area contributed by atoms with Crippen LogP contribution in [0.25, 0.3) is 6.08 Å². The van der Waals surface area contributed by atoms with Crippen molar-refractivity contribution in [1.82, 2.24) is 4.90 Å². The zero-order valence-corrected chi connectivity index (χ0v) is 19.6. The SMILES string of the molecule is CCOc1cc(/C=C2/C(=O)N(C(C)C)C(=O)C(C#N)=C2C)ccc1OCc1ccc(C)cc1. The van der Waals surface area contributed by atoms with Gasteiger partial charge in [0.25, 0.3) is 11.8 Å². The maximum Gasteiger partial charge on any atom is 0.271 e. The average Bonchev–Trinajstić information content (AvgIpc) is 2.77. The third-order valence-corrected chi connectivity index (χ3v) is 5.38. The third-order valence-electron chi connectivity index (χ3n) is 5.38. The number of carbonyl (C=O) groups excluding carboxylic acids is 2. The zero-order valence-electron chi connectivity index (χ0n) is 19.6. The standard InChI is InChI=1S/C27H28N2O4/c1-6-32-25-14-21(11-12-24(25)33-16-20-9-7-18(4)8-10-20)13-22-19(5)23(15-28)27(31)29(17(2)3)26(22)30/h7-14,17H,6,16H2,1-5H3/b22-13+. The summed E-state index contributed by atoms with van der Waals surface area (Å²) in [4.78, 5) is 26.7. The number of carbonyl (C=O) groups is 2. The monoisotopic (exact) mass is 444 g/mol. The minimum atomic E-state index is -0.554. The summed E-state index contributed by atoms with van der Waals surface area (Å²) in [5.74, 6) is 0.186. The van der Waals surface area contributed by atoms with Gasteiger partial charge in [-0.15, -0.1) is 0 Å². The van der Waals surface area contributed by atoms with Gasteiger partial charge in [0, 0.05) is 11.6 Å². The molecule has 0 unspecified atom stereocenters. The van der Waals surface area contributed by atoms with E-state index in [1.165, 1.54) is 5.56 Å². The van der Waals surface area contributed by atoms with E-state index < -0.39 is 11.8 Å². The van der Waals surface area contributed by atoms with E-state index in [1.807, 2.05) is 50.2 Å². The van der Waals surface area contributed by atoms with E-state index >= 15 is 0 Å². The van der Waals surface area contributed by atoms with Crippen molar-refractivity contribution in [2.75, 3.05) is 6.61 Å². The van der Waals surface area contributed by atoms with Crippen LogP contribution in [0, 0.1) is 18.3 Å². The quantitative estimate of drug-likeness (QED) is 0.445. The number of hydrogen-bond donors (Lipinski definition) is 0. The van der Waals surface area contributed by atoms with Crippen molar-refractivity contribution in [3.8, 4) is 17.6 Å². The Labute approximate surface area is 194 Å². The lowest BCUT2D eigenvalue weighted by Crippen LogP contribution is -2.46. The molecular formula is C27H28N2O4. The zero-order chi connectivity index (χ0) is 24.1. The molecule has 2 amide bonds. The fraction of sp³-hybridized carbons (Fsp3) is 0.296. The summed E-state index contributed by atoms with van der Waals surface area (Å²) in [5, 5.41) is 9.49. The molecule has 0 radical (unpaired) electrons. The van der Waals surface area contributed by atoms with Crippen molar-refractivity contribution in [3.05, 3.63) is 75.9 Å². The van der Waals surface area contributed by atoms with Crippen molar-refractivity contribution in [3.63, 3.8) is 0 Å². The van der Waals surface area contributed by atoms with Crippen molar-refractivity contribution < 1.29 is 19.1 Å². The number of imide groups is 1. The van der Waals surface area contributed by atoms with Gasteiger partial charge < -0.3 is 9.47 Å². The Morgan fingerprint density at radius 1 is 1.00 bits per heavy atom. The number of benzene rings is 2. The van der Waals surface area contributed by atoms with E-state index in [0.717, 1.165) is 10.5 Å². The molecule has 1 aliphatic heterocycles. The summed E-state index contributed by atoms with van der Waals surface area (Å²) >= 11 is 0. The van der Waals surface area contributed by atoms with Gasteiger partial charge in [0.05, 0.1) is 6.61 Å². The highest BCUT2D eigenvalue weighted by molar-refractivity contribution is 6.19. The summed E-state index contributed by atoms with van der Waals surface area (Å²) in [7, 11) is 0. The molecule has 0 atom stereocenters. The Hall–Kier alpha value is -3.85. The number of amides is 2. The molecule has 0 saturated heterocycles. The van der Waals surface area contributed by atoms with Crippen molar-refractivity contribution in [2.24, 2.45) is 0 Å². The molecule has 1 heterocycles. The lowest BCUT2D eigenvalue weighted by atomic mass is 9.93. The van der Waals surface area contributed by atoms with Crippen LogP contribution in [0.4, 0.5) is 0 Å². The average molecular weight is 445 g/mol. The van der Waals surface area contributed by atoms with Gasteiger partial charge in [-0.3, -0.25) is 14.5 Å². The highest BCUT2D eigenvalue weighted by Gasteiger charge is 2.36. The van der Waals surface area contributed by atoms with Gasteiger partial charge in [-0.05, 0) is 69.5 Å². The largest absolute Gasteiger partial charge is 0.490 e. The van der Waals surface area contributed by atoms with Gasteiger partial charge in [-0.2, -0.15) is 5.26 Å². The topological polar surface area (TPSA) is 79.6 Å². The first-order valence-electron chi connectivity index (χ1n) is 10.9. The summed E-state index contributed by atoms with van der Waals surface area (Å²) in [6.07, 6.45) is 1.68. The second kappa shape index (κ2) is 10.2. The number of ether oxygens (including phenoxy) is 2. The fourth-order valence-electron chi connectivity index (χ4n) is 3.58. The molecule has 0 bridgehead atoms. The van der Waals surface area contributed by atoms with E-state index in [4.69, 9.17) is 9.47 Å². The molecular weight excluding hydrogens is 416 g/mol. The van der Waals surface area contributed by atoms with Crippen LogP contribution < -0.4 is 9.47 Å². The maximum atomic E-state index is 13.1. The van der Waals surface area contributed by atoms with Crippen LogP contribution in [0.2, 0.25) is 0 Å². The van der Waals surface area contributed by atoms with E-state index in [-0.39, 0.29) is 11.6 Å². The van der Waals surface area contributed by atoms with Crippen molar-refractivity contribution in [1.29, 1.82) is 5.26 Å². The Balaban J connectivity index is 1.95. The summed E-state index contributed by atoms with van der Waals surface area (Å²) in [6, 6.07) is 15.1. The smallest absolute Gasteiger partial charge is 0.271 e. The third kappa shape index (κ3) is 5.15. The predicted octanol–water partition coefficient (Wildman–Crippen LogP) is 4.97. The van der Waals surface area contributed by atoms with Crippen molar-refractivity contribution >= 4 is 17.9 Å². The lowest BCUT2D eigenvalue weighted by molar-refractivity contribution is -0.142. The number of nitriles is 1. The Kier molecular flexibility index (Phi) is 7.34. The first kappa shape index (κ1) is 23.8. The van der Waals surface area contributed by atoms with Gasteiger partial charge in [-0.1, -0.05) is 35.9 Å². The van der Waals surface area contributed by atoms with Gasteiger partial charge in [0.15, 0.2) is 11.5 Å².